The van der Waals surface area contributed by atoms with Crippen molar-refractivity contribution in [2.24, 2.45) is 4.99 Å². The van der Waals surface area contributed by atoms with E-state index in [0.717, 1.165) is 19.0 Å². The number of benzene rings is 2. The molecule has 5 heteroatoms. The van der Waals surface area contributed by atoms with Crippen molar-refractivity contribution in [2.45, 2.75) is 20.0 Å². The van der Waals surface area contributed by atoms with E-state index in [1.165, 1.54) is 22.4 Å². The average Bonchev–Trinajstić information content (AvgIpc) is 2.56. The molecule has 0 aromatic heterocycles. The van der Waals surface area contributed by atoms with Crippen molar-refractivity contribution in [3.05, 3.63) is 65.2 Å². The number of rotatable bonds is 5. The number of aliphatic imine (C=N–C) groups is 1. The molecule has 0 heterocycles. The minimum atomic E-state index is 0. The molecule has 2 aromatic carbocycles. The predicted molar refractivity (Wildman–Crippen MR) is 114 cm³/mol. The molecule has 2 rings (SSSR count). The van der Waals surface area contributed by atoms with Gasteiger partial charge in [0, 0.05) is 39.9 Å². The third kappa shape index (κ3) is 6.03. The molecule has 24 heavy (non-hydrogen) atoms. The van der Waals surface area contributed by atoms with Crippen LogP contribution >= 0.6 is 24.0 Å². The summed E-state index contributed by atoms with van der Waals surface area (Å²) in [5, 5.41) is 6.72. The molecule has 130 valence electrons. The van der Waals surface area contributed by atoms with Crippen molar-refractivity contribution >= 4 is 35.6 Å². The van der Waals surface area contributed by atoms with Crippen LogP contribution in [0.1, 0.15) is 16.7 Å². The summed E-state index contributed by atoms with van der Waals surface area (Å²) >= 11 is 0. The first-order valence-electron chi connectivity index (χ1n) is 7.85. The Balaban J connectivity index is 0.00000288. The molecule has 0 atom stereocenters. The molecule has 0 radical (unpaired) electrons. The van der Waals surface area contributed by atoms with Gasteiger partial charge in [0.05, 0.1) is 0 Å². The van der Waals surface area contributed by atoms with Crippen molar-refractivity contribution in [3.8, 4) is 0 Å². The molecule has 0 bridgehead atoms. The van der Waals surface area contributed by atoms with Gasteiger partial charge in [-0.25, -0.2) is 0 Å². The first-order chi connectivity index (χ1) is 11.1. The van der Waals surface area contributed by atoms with E-state index >= 15 is 0 Å². The van der Waals surface area contributed by atoms with Gasteiger partial charge in [-0.05, 0) is 35.7 Å². The molecule has 0 aliphatic carbocycles. The Bertz CT molecular complexity index is 668. The SMILES string of the molecule is CN=C(NCc1cccc(N(C)C)c1)NCc1ccccc1C.I. The highest BCUT2D eigenvalue weighted by atomic mass is 127. The normalized spacial score (nSPS) is 10.8. The van der Waals surface area contributed by atoms with Crippen molar-refractivity contribution in [1.29, 1.82) is 0 Å². The van der Waals surface area contributed by atoms with Crippen molar-refractivity contribution < 1.29 is 0 Å². The molecular formula is C19H27IN4. The second kappa shape index (κ2) is 10.2. The second-order valence-electron chi connectivity index (χ2n) is 5.77. The highest BCUT2D eigenvalue weighted by Gasteiger charge is 2.02. The Hall–Kier alpha value is -1.76. The number of anilines is 1. The van der Waals surface area contributed by atoms with Crippen molar-refractivity contribution in [3.63, 3.8) is 0 Å². The van der Waals surface area contributed by atoms with Gasteiger partial charge < -0.3 is 15.5 Å². The van der Waals surface area contributed by atoms with E-state index in [4.69, 9.17) is 0 Å². The van der Waals surface area contributed by atoms with Gasteiger partial charge in [0.25, 0.3) is 0 Å². The third-order valence-corrected chi connectivity index (χ3v) is 3.82. The van der Waals surface area contributed by atoms with E-state index in [1.807, 2.05) is 0 Å². The summed E-state index contributed by atoms with van der Waals surface area (Å²) in [6, 6.07) is 16.9. The molecule has 2 N–H and O–H groups in total. The van der Waals surface area contributed by atoms with E-state index in [2.05, 4.69) is 90.1 Å². The second-order valence-corrected chi connectivity index (χ2v) is 5.77. The first kappa shape index (κ1) is 20.3. The Morgan fingerprint density at radius 2 is 1.71 bits per heavy atom. The quantitative estimate of drug-likeness (QED) is 0.426. The van der Waals surface area contributed by atoms with Crippen LogP contribution in [0.15, 0.2) is 53.5 Å². The molecule has 0 fully saturated rings. The zero-order valence-corrected chi connectivity index (χ0v) is 17.2. The zero-order valence-electron chi connectivity index (χ0n) is 14.8. The summed E-state index contributed by atoms with van der Waals surface area (Å²) in [6.07, 6.45) is 0. The Morgan fingerprint density at radius 1 is 1.00 bits per heavy atom. The standard InChI is InChI=1S/C19H26N4.HI/c1-15-8-5-6-10-17(15)14-22-19(20-2)21-13-16-9-7-11-18(12-16)23(3)4;/h5-12H,13-14H2,1-4H3,(H2,20,21,22);1H. The summed E-state index contributed by atoms with van der Waals surface area (Å²) in [4.78, 5) is 6.40. The van der Waals surface area contributed by atoms with Crippen LogP contribution in [0.4, 0.5) is 5.69 Å². The number of hydrogen-bond donors (Lipinski definition) is 2. The summed E-state index contributed by atoms with van der Waals surface area (Å²) < 4.78 is 0. The Labute approximate surface area is 162 Å². The fourth-order valence-corrected chi connectivity index (χ4v) is 2.34. The van der Waals surface area contributed by atoms with Gasteiger partial charge in [-0.2, -0.15) is 0 Å². The van der Waals surface area contributed by atoms with Gasteiger partial charge in [-0.3, -0.25) is 4.99 Å². The zero-order chi connectivity index (χ0) is 16.7. The van der Waals surface area contributed by atoms with E-state index in [1.54, 1.807) is 7.05 Å². The largest absolute Gasteiger partial charge is 0.378 e. The number of guanidine groups is 1. The number of hydrogen-bond acceptors (Lipinski definition) is 2. The highest BCUT2D eigenvalue weighted by Crippen LogP contribution is 2.13. The minimum absolute atomic E-state index is 0. The van der Waals surface area contributed by atoms with Gasteiger partial charge >= 0.3 is 0 Å². The average molecular weight is 438 g/mol. The summed E-state index contributed by atoms with van der Waals surface area (Å²) in [5.41, 5.74) is 5.00. The highest BCUT2D eigenvalue weighted by molar-refractivity contribution is 14.0. The fraction of sp³-hybridized carbons (Fsp3) is 0.316. The van der Waals surface area contributed by atoms with Crippen LogP contribution in [0.5, 0.6) is 0 Å². The lowest BCUT2D eigenvalue weighted by Gasteiger charge is -2.15. The number of aryl methyl sites for hydroxylation is 1. The fourth-order valence-electron chi connectivity index (χ4n) is 2.34. The minimum Gasteiger partial charge on any atom is -0.378 e. The lowest BCUT2D eigenvalue weighted by atomic mass is 10.1. The molecule has 2 aromatic rings. The van der Waals surface area contributed by atoms with E-state index in [0.29, 0.717) is 0 Å². The molecule has 0 aliphatic rings. The third-order valence-electron chi connectivity index (χ3n) is 3.82. The van der Waals surface area contributed by atoms with Crippen LogP contribution in [0.2, 0.25) is 0 Å². The Morgan fingerprint density at radius 3 is 2.38 bits per heavy atom. The van der Waals surface area contributed by atoms with Gasteiger partial charge in [0.15, 0.2) is 5.96 Å². The lowest BCUT2D eigenvalue weighted by Crippen LogP contribution is -2.36. The predicted octanol–water partition coefficient (Wildman–Crippen LogP) is 3.54. The maximum absolute atomic E-state index is 4.29. The van der Waals surface area contributed by atoms with Crippen LogP contribution in [0.3, 0.4) is 0 Å². The van der Waals surface area contributed by atoms with Gasteiger partial charge in [-0.1, -0.05) is 36.4 Å². The molecule has 0 saturated carbocycles. The van der Waals surface area contributed by atoms with E-state index in [9.17, 15) is 0 Å². The molecule has 4 nitrogen and oxygen atoms in total. The Kier molecular flexibility index (Phi) is 8.60. The van der Waals surface area contributed by atoms with Gasteiger partial charge in [0.2, 0.25) is 0 Å². The summed E-state index contributed by atoms with van der Waals surface area (Å²) in [7, 11) is 5.90. The van der Waals surface area contributed by atoms with Crippen molar-refractivity contribution in [2.75, 3.05) is 26.0 Å². The van der Waals surface area contributed by atoms with Crippen LogP contribution in [0.25, 0.3) is 0 Å². The summed E-state index contributed by atoms with van der Waals surface area (Å²) in [5.74, 6) is 0.809. The molecule has 0 amide bonds. The molecule has 0 aliphatic heterocycles. The number of nitrogens with zero attached hydrogens (tertiary/aromatic N) is 2. The molecule has 0 spiro atoms. The molecule has 0 unspecified atom stereocenters. The molecule has 0 saturated heterocycles. The van der Waals surface area contributed by atoms with Crippen LogP contribution in [-0.4, -0.2) is 27.1 Å². The van der Waals surface area contributed by atoms with Crippen LogP contribution < -0.4 is 15.5 Å². The van der Waals surface area contributed by atoms with Gasteiger partial charge in [-0.15, -0.1) is 24.0 Å². The first-order valence-corrected chi connectivity index (χ1v) is 7.85. The number of nitrogens with one attached hydrogen (secondary N) is 2. The van der Waals surface area contributed by atoms with Crippen LogP contribution in [-0.2, 0) is 13.1 Å². The topological polar surface area (TPSA) is 39.7 Å². The monoisotopic (exact) mass is 438 g/mol. The van der Waals surface area contributed by atoms with Crippen LogP contribution in [0, 0.1) is 6.92 Å². The maximum Gasteiger partial charge on any atom is 0.191 e. The molecular weight excluding hydrogens is 411 g/mol. The van der Waals surface area contributed by atoms with Gasteiger partial charge in [0.1, 0.15) is 0 Å². The smallest absolute Gasteiger partial charge is 0.191 e. The van der Waals surface area contributed by atoms with E-state index in [-0.39, 0.29) is 24.0 Å². The lowest BCUT2D eigenvalue weighted by molar-refractivity contribution is 0.806. The number of halogens is 1. The summed E-state index contributed by atoms with van der Waals surface area (Å²) in [6.45, 7) is 3.64. The maximum atomic E-state index is 4.29. The van der Waals surface area contributed by atoms with E-state index < -0.39 is 0 Å². The van der Waals surface area contributed by atoms with Crippen molar-refractivity contribution in [1.82, 2.24) is 10.6 Å².